The van der Waals surface area contributed by atoms with Gasteiger partial charge in [0, 0.05) is 28.4 Å². The van der Waals surface area contributed by atoms with Gasteiger partial charge in [-0.15, -0.1) is 11.8 Å². The summed E-state index contributed by atoms with van der Waals surface area (Å²) in [5.74, 6) is 0.726. The molecule has 1 atom stereocenters. The van der Waals surface area contributed by atoms with Gasteiger partial charge < -0.3 is 10.2 Å². The molecule has 0 bridgehead atoms. The first-order valence-electron chi connectivity index (χ1n) is 10.5. The maximum atomic E-state index is 13.2. The smallest absolute Gasteiger partial charge is 0.242 e. The topological polar surface area (TPSA) is 49.4 Å². The van der Waals surface area contributed by atoms with E-state index in [-0.39, 0.29) is 23.6 Å². The zero-order chi connectivity index (χ0) is 22.8. The minimum Gasteiger partial charge on any atom is -0.352 e. The lowest BCUT2D eigenvalue weighted by atomic mass is 10.1. The zero-order valence-electron chi connectivity index (χ0n) is 18.2. The van der Waals surface area contributed by atoms with E-state index in [0.29, 0.717) is 35.2 Å². The molecule has 31 heavy (non-hydrogen) atoms. The van der Waals surface area contributed by atoms with Crippen LogP contribution >= 0.6 is 35.0 Å². The molecular weight excluding hydrogens is 451 g/mol. The fourth-order valence-corrected chi connectivity index (χ4v) is 4.72. The van der Waals surface area contributed by atoms with Crippen LogP contribution in [0.15, 0.2) is 48.5 Å². The highest BCUT2D eigenvalue weighted by molar-refractivity contribution is 7.99. The van der Waals surface area contributed by atoms with E-state index >= 15 is 0 Å². The number of halogens is 2. The number of nitrogens with zero attached hydrogens (tertiary/aromatic N) is 1. The van der Waals surface area contributed by atoms with E-state index in [2.05, 4.69) is 5.32 Å². The molecule has 0 aliphatic rings. The van der Waals surface area contributed by atoms with Crippen LogP contribution in [0.2, 0.25) is 10.0 Å². The Labute approximate surface area is 199 Å². The van der Waals surface area contributed by atoms with Gasteiger partial charge in [-0.2, -0.15) is 0 Å². The van der Waals surface area contributed by atoms with Gasteiger partial charge in [0.05, 0.1) is 5.75 Å². The van der Waals surface area contributed by atoms with Crippen molar-refractivity contribution < 1.29 is 9.59 Å². The number of benzene rings is 2. The van der Waals surface area contributed by atoms with Crippen molar-refractivity contribution in [3.63, 3.8) is 0 Å². The summed E-state index contributed by atoms with van der Waals surface area (Å²) in [5, 5.41) is 4.13. The number of hydrogen-bond donors (Lipinski definition) is 1. The molecule has 0 fully saturated rings. The summed E-state index contributed by atoms with van der Waals surface area (Å²) in [6.07, 6.45) is 1.26. The van der Waals surface area contributed by atoms with E-state index in [4.69, 9.17) is 23.2 Å². The maximum absolute atomic E-state index is 13.2. The summed E-state index contributed by atoms with van der Waals surface area (Å²) in [7, 11) is 0. The Morgan fingerprint density at radius 2 is 1.81 bits per heavy atom. The molecule has 0 aliphatic heterocycles. The number of nitrogens with one attached hydrogen (secondary N) is 1. The highest BCUT2D eigenvalue weighted by Crippen LogP contribution is 2.25. The van der Waals surface area contributed by atoms with Crippen molar-refractivity contribution in [2.24, 2.45) is 0 Å². The average molecular weight is 481 g/mol. The highest BCUT2D eigenvalue weighted by atomic mass is 35.5. The third-order valence-corrected chi connectivity index (χ3v) is 6.35. The standard InChI is InChI=1S/C24H30Cl2N2O2S/c1-4-22(24(30)27-17(2)3)28(13-12-18-8-6-5-7-9-18)23(29)16-31-15-19-10-11-20(25)14-21(19)26/h5-11,14,17,22H,4,12-13,15-16H2,1-3H3,(H,27,30)/t22-/m0/s1. The fraction of sp³-hybridized carbons (Fsp3) is 0.417. The number of carbonyl (C=O) groups excluding carboxylic acids is 2. The predicted molar refractivity (Wildman–Crippen MR) is 132 cm³/mol. The molecule has 2 amide bonds. The molecule has 0 saturated heterocycles. The molecule has 4 nitrogen and oxygen atoms in total. The molecule has 0 saturated carbocycles. The fourth-order valence-electron chi connectivity index (χ4n) is 3.25. The monoisotopic (exact) mass is 480 g/mol. The lowest BCUT2D eigenvalue weighted by Crippen LogP contribution is -2.51. The van der Waals surface area contributed by atoms with Crippen molar-refractivity contribution in [1.82, 2.24) is 10.2 Å². The van der Waals surface area contributed by atoms with Crippen LogP contribution in [0.25, 0.3) is 0 Å². The van der Waals surface area contributed by atoms with Gasteiger partial charge in [0.2, 0.25) is 11.8 Å². The van der Waals surface area contributed by atoms with E-state index in [9.17, 15) is 9.59 Å². The molecule has 0 unspecified atom stereocenters. The molecule has 0 aliphatic carbocycles. The number of carbonyl (C=O) groups is 2. The predicted octanol–water partition coefficient (Wildman–Crippen LogP) is 5.60. The van der Waals surface area contributed by atoms with Gasteiger partial charge in [-0.05, 0) is 49.9 Å². The summed E-state index contributed by atoms with van der Waals surface area (Å²) < 4.78 is 0. The van der Waals surface area contributed by atoms with Crippen LogP contribution < -0.4 is 5.32 Å². The maximum Gasteiger partial charge on any atom is 0.242 e. The molecular formula is C24H30Cl2N2O2S. The lowest BCUT2D eigenvalue weighted by Gasteiger charge is -2.31. The number of rotatable bonds is 11. The first kappa shape index (κ1) is 25.6. The third kappa shape index (κ3) is 8.40. The first-order chi connectivity index (χ1) is 14.8. The molecule has 2 rings (SSSR count). The van der Waals surface area contributed by atoms with Gasteiger partial charge in [-0.1, -0.05) is 66.5 Å². The number of hydrogen-bond acceptors (Lipinski definition) is 3. The van der Waals surface area contributed by atoms with Crippen LogP contribution in [0, 0.1) is 0 Å². The van der Waals surface area contributed by atoms with Gasteiger partial charge in [0.15, 0.2) is 0 Å². The van der Waals surface area contributed by atoms with Crippen LogP contribution in [0.1, 0.15) is 38.3 Å². The quantitative estimate of drug-likeness (QED) is 0.455. The van der Waals surface area contributed by atoms with E-state index < -0.39 is 6.04 Å². The van der Waals surface area contributed by atoms with Gasteiger partial charge in [-0.3, -0.25) is 9.59 Å². The lowest BCUT2D eigenvalue weighted by molar-refractivity contribution is -0.139. The van der Waals surface area contributed by atoms with E-state index in [0.717, 1.165) is 11.1 Å². The van der Waals surface area contributed by atoms with Crippen LogP contribution in [0.5, 0.6) is 0 Å². The summed E-state index contributed by atoms with van der Waals surface area (Å²) in [6, 6.07) is 14.9. The Hall–Kier alpha value is -1.69. The normalized spacial score (nSPS) is 11.9. The van der Waals surface area contributed by atoms with Crippen molar-refractivity contribution >= 4 is 46.8 Å². The summed E-state index contributed by atoms with van der Waals surface area (Å²) >= 11 is 13.7. The van der Waals surface area contributed by atoms with E-state index in [1.54, 1.807) is 17.0 Å². The number of thioether (sulfide) groups is 1. The van der Waals surface area contributed by atoms with Crippen molar-refractivity contribution in [2.45, 2.75) is 51.4 Å². The van der Waals surface area contributed by atoms with Crippen LogP contribution in [0.4, 0.5) is 0 Å². The Bertz CT molecular complexity index is 862. The molecule has 0 spiro atoms. The van der Waals surface area contributed by atoms with Gasteiger partial charge in [0.25, 0.3) is 0 Å². The van der Waals surface area contributed by atoms with Crippen molar-refractivity contribution in [2.75, 3.05) is 12.3 Å². The number of amides is 2. The minimum absolute atomic E-state index is 0.0223. The Morgan fingerprint density at radius 1 is 1.10 bits per heavy atom. The molecule has 0 aromatic heterocycles. The minimum atomic E-state index is -0.488. The summed E-state index contributed by atoms with van der Waals surface area (Å²) in [4.78, 5) is 27.7. The summed E-state index contributed by atoms with van der Waals surface area (Å²) in [5.41, 5.74) is 2.07. The Morgan fingerprint density at radius 3 is 2.42 bits per heavy atom. The zero-order valence-corrected chi connectivity index (χ0v) is 20.6. The van der Waals surface area contributed by atoms with Crippen molar-refractivity contribution in [3.8, 4) is 0 Å². The Balaban J connectivity index is 2.07. The molecule has 0 radical (unpaired) electrons. The molecule has 1 N–H and O–H groups in total. The first-order valence-corrected chi connectivity index (χ1v) is 12.4. The summed E-state index contributed by atoms with van der Waals surface area (Å²) in [6.45, 7) is 6.28. The second-order valence-corrected chi connectivity index (χ2v) is 9.47. The Kier molecular flexibility index (Phi) is 10.7. The average Bonchev–Trinajstić information content (AvgIpc) is 2.72. The van der Waals surface area contributed by atoms with Crippen LogP contribution in [-0.4, -0.2) is 41.1 Å². The van der Waals surface area contributed by atoms with E-state index in [1.165, 1.54) is 11.8 Å². The molecule has 0 heterocycles. The molecule has 7 heteroatoms. The third-order valence-electron chi connectivity index (χ3n) is 4.80. The molecule has 2 aromatic carbocycles. The van der Waals surface area contributed by atoms with E-state index in [1.807, 2.05) is 57.2 Å². The highest BCUT2D eigenvalue weighted by Gasteiger charge is 2.28. The van der Waals surface area contributed by atoms with Crippen LogP contribution in [-0.2, 0) is 21.8 Å². The van der Waals surface area contributed by atoms with Crippen LogP contribution in [0.3, 0.4) is 0 Å². The molecule has 2 aromatic rings. The SMILES string of the molecule is CC[C@@H](C(=O)NC(C)C)N(CCc1ccccc1)C(=O)CSCc1ccc(Cl)cc1Cl. The largest absolute Gasteiger partial charge is 0.352 e. The van der Waals surface area contributed by atoms with Gasteiger partial charge >= 0.3 is 0 Å². The second-order valence-electron chi connectivity index (χ2n) is 7.64. The van der Waals surface area contributed by atoms with Crippen molar-refractivity contribution in [3.05, 3.63) is 69.7 Å². The van der Waals surface area contributed by atoms with Gasteiger partial charge in [-0.25, -0.2) is 0 Å². The molecule has 168 valence electrons. The van der Waals surface area contributed by atoms with Gasteiger partial charge in [0.1, 0.15) is 6.04 Å². The second kappa shape index (κ2) is 13.0. The van der Waals surface area contributed by atoms with Crippen molar-refractivity contribution in [1.29, 1.82) is 0 Å².